The fourth-order valence-corrected chi connectivity index (χ4v) is 2.54. The molecular weight excluding hydrogens is 282 g/mol. The molecule has 0 fully saturated rings. The highest BCUT2D eigenvalue weighted by Gasteiger charge is 2.15. The summed E-state index contributed by atoms with van der Waals surface area (Å²) in [7, 11) is 0. The van der Waals surface area contributed by atoms with Gasteiger partial charge in [0.05, 0.1) is 5.69 Å². The maximum absolute atomic E-state index is 5.94. The molecule has 0 aliphatic heterocycles. The number of nitrogens with one attached hydrogen (secondary N) is 1. The first-order valence-corrected chi connectivity index (χ1v) is 7.22. The first-order valence-electron chi connectivity index (χ1n) is 6.84. The molecule has 3 N–H and O–H groups in total. The van der Waals surface area contributed by atoms with Crippen molar-refractivity contribution in [3.63, 3.8) is 0 Å². The Balaban J connectivity index is 1.92. The molecule has 21 heavy (non-hydrogen) atoms. The van der Waals surface area contributed by atoms with E-state index >= 15 is 0 Å². The van der Waals surface area contributed by atoms with Crippen LogP contribution in [0.4, 0.5) is 0 Å². The highest BCUT2D eigenvalue weighted by Crippen LogP contribution is 2.26. The van der Waals surface area contributed by atoms with Gasteiger partial charge in [0.2, 0.25) is 0 Å². The number of hydrogen-bond donors (Lipinski definition) is 2. The first-order chi connectivity index (χ1) is 10.3. The van der Waals surface area contributed by atoms with Crippen LogP contribution in [-0.2, 0) is 0 Å². The van der Waals surface area contributed by atoms with Crippen molar-refractivity contribution in [1.82, 2.24) is 10.2 Å². The van der Waals surface area contributed by atoms with Gasteiger partial charge in [0.1, 0.15) is 0 Å². The molecule has 3 aromatic rings. The van der Waals surface area contributed by atoms with E-state index in [1.54, 1.807) is 0 Å². The second-order valence-corrected chi connectivity index (χ2v) is 5.35. The van der Waals surface area contributed by atoms with E-state index in [9.17, 15) is 0 Å². The summed E-state index contributed by atoms with van der Waals surface area (Å²) < 4.78 is 0. The Morgan fingerprint density at radius 1 is 1.05 bits per heavy atom. The number of nitrogens with two attached hydrogens (primary N) is 1. The molecule has 3 rings (SSSR count). The maximum atomic E-state index is 5.94. The van der Waals surface area contributed by atoms with Crippen LogP contribution in [0.5, 0.6) is 0 Å². The molecule has 0 radical (unpaired) electrons. The Bertz CT molecular complexity index is 704. The summed E-state index contributed by atoms with van der Waals surface area (Å²) in [5, 5.41) is 8.22. The molecule has 1 unspecified atom stereocenters. The molecule has 3 nitrogen and oxygen atoms in total. The second kappa shape index (κ2) is 6.12. The monoisotopic (exact) mass is 297 g/mol. The van der Waals surface area contributed by atoms with E-state index in [-0.39, 0.29) is 5.92 Å². The van der Waals surface area contributed by atoms with Gasteiger partial charge in [0.25, 0.3) is 0 Å². The summed E-state index contributed by atoms with van der Waals surface area (Å²) in [4.78, 5) is 0. The van der Waals surface area contributed by atoms with Crippen molar-refractivity contribution in [3.8, 4) is 11.3 Å². The van der Waals surface area contributed by atoms with Gasteiger partial charge in [-0.3, -0.25) is 5.10 Å². The number of benzene rings is 2. The smallest absolute Gasteiger partial charge is 0.0923 e. The minimum atomic E-state index is 0.0900. The van der Waals surface area contributed by atoms with Crippen LogP contribution in [0, 0.1) is 0 Å². The molecule has 4 heteroatoms. The molecule has 1 aromatic heterocycles. The van der Waals surface area contributed by atoms with Crippen molar-refractivity contribution in [3.05, 3.63) is 76.9 Å². The first kappa shape index (κ1) is 13.9. The standard InChI is InChI=1S/C17H16ClN3/c18-14-8-6-12(7-9-14)15(11-19)17-10-16(20-21-17)13-4-2-1-3-5-13/h1-10,15H,11,19H2,(H,20,21). The molecule has 0 amide bonds. The summed E-state index contributed by atoms with van der Waals surface area (Å²) in [6.07, 6.45) is 0. The molecule has 0 bridgehead atoms. The molecule has 2 aromatic carbocycles. The van der Waals surface area contributed by atoms with E-state index in [0.29, 0.717) is 6.54 Å². The number of nitrogens with zero attached hydrogens (tertiary/aromatic N) is 1. The zero-order chi connectivity index (χ0) is 14.7. The third-order valence-corrected chi connectivity index (χ3v) is 3.80. The molecule has 0 spiro atoms. The molecule has 0 aliphatic carbocycles. The lowest BCUT2D eigenvalue weighted by atomic mass is 9.95. The number of halogens is 1. The van der Waals surface area contributed by atoms with E-state index in [0.717, 1.165) is 27.5 Å². The van der Waals surface area contributed by atoms with Gasteiger partial charge >= 0.3 is 0 Å². The van der Waals surface area contributed by atoms with Gasteiger partial charge in [0.15, 0.2) is 0 Å². The van der Waals surface area contributed by atoms with Gasteiger partial charge < -0.3 is 5.73 Å². The van der Waals surface area contributed by atoms with E-state index in [1.165, 1.54) is 0 Å². The third kappa shape index (κ3) is 2.99. The van der Waals surface area contributed by atoms with Crippen molar-refractivity contribution in [2.75, 3.05) is 6.54 Å². The predicted molar refractivity (Wildman–Crippen MR) is 86.4 cm³/mol. The lowest BCUT2D eigenvalue weighted by molar-refractivity contribution is 0.779. The zero-order valence-corrected chi connectivity index (χ0v) is 12.2. The largest absolute Gasteiger partial charge is 0.329 e. The number of hydrogen-bond acceptors (Lipinski definition) is 2. The molecule has 0 aliphatic rings. The Labute approximate surface area is 128 Å². The molecule has 106 valence electrons. The van der Waals surface area contributed by atoms with Crippen molar-refractivity contribution in [1.29, 1.82) is 0 Å². The minimum absolute atomic E-state index is 0.0900. The van der Waals surface area contributed by atoms with Gasteiger partial charge in [-0.2, -0.15) is 5.10 Å². The highest BCUT2D eigenvalue weighted by molar-refractivity contribution is 6.30. The summed E-state index contributed by atoms with van der Waals surface area (Å²) in [5.41, 5.74) is 10.1. The maximum Gasteiger partial charge on any atom is 0.0923 e. The highest BCUT2D eigenvalue weighted by atomic mass is 35.5. The van der Waals surface area contributed by atoms with Gasteiger partial charge in [-0.15, -0.1) is 0 Å². The van der Waals surface area contributed by atoms with Crippen LogP contribution in [0.1, 0.15) is 17.2 Å². The SMILES string of the molecule is NCC(c1ccc(Cl)cc1)c1cc(-c2ccccc2)n[nH]1. The predicted octanol–water partition coefficient (Wildman–Crippen LogP) is 3.82. The van der Waals surface area contributed by atoms with Gasteiger partial charge in [-0.05, 0) is 23.8 Å². The second-order valence-electron chi connectivity index (χ2n) is 4.91. The summed E-state index contributed by atoms with van der Waals surface area (Å²) in [6.45, 7) is 0.512. The van der Waals surface area contributed by atoms with Crippen LogP contribution in [0.3, 0.4) is 0 Å². The van der Waals surface area contributed by atoms with Crippen LogP contribution in [0.15, 0.2) is 60.7 Å². The van der Waals surface area contributed by atoms with Crippen molar-refractivity contribution in [2.45, 2.75) is 5.92 Å². The Hall–Kier alpha value is -2.10. The Morgan fingerprint density at radius 3 is 2.43 bits per heavy atom. The van der Waals surface area contributed by atoms with Crippen molar-refractivity contribution >= 4 is 11.6 Å². The van der Waals surface area contributed by atoms with Crippen LogP contribution in [-0.4, -0.2) is 16.7 Å². The quantitative estimate of drug-likeness (QED) is 0.769. The van der Waals surface area contributed by atoms with Crippen LogP contribution >= 0.6 is 11.6 Å². The molecule has 1 heterocycles. The van der Waals surface area contributed by atoms with E-state index < -0.39 is 0 Å². The molecule has 1 atom stereocenters. The van der Waals surface area contributed by atoms with Crippen LogP contribution in [0.2, 0.25) is 5.02 Å². The fourth-order valence-electron chi connectivity index (χ4n) is 2.41. The van der Waals surface area contributed by atoms with E-state index in [4.69, 9.17) is 17.3 Å². The van der Waals surface area contributed by atoms with Crippen LogP contribution in [0.25, 0.3) is 11.3 Å². The van der Waals surface area contributed by atoms with Crippen LogP contribution < -0.4 is 5.73 Å². The van der Waals surface area contributed by atoms with Gasteiger partial charge in [-0.1, -0.05) is 54.1 Å². The van der Waals surface area contributed by atoms with Crippen molar-refractivity contribution < 1.29 is 0 Å². The van der Waals surface area contributed by atoms with Gasteiger partial charge in [0, 0.05) is 28.7 Å². The average Bonchev–Trinajstić information content (AvgIpc) is 3.00. The Kier molecular flexibility index (Phi) is 4.04. The fraction of sp³-hybridized carbons (Fsp3) is 0.118. The topological polar surface area (TPSA) is 54.7 Å². The number of rotatable bonds is 4. The third-order valence-electron chi connectivity index (χ3n) is 3.55. The summed E-state index contributed by atoms with van der Waals surface area (Å²) in [5.74, 6) is 0.0900. The average molecular weight is 298 g/mol. The Morgan fingerprint density at radius 2 is 1.76 bits per heavy atom. The molecule has 0 saturated heterocycles. The normalized spacial score (nSPS) is 12.3. The number of aromatic amines is 1. The lowest BCUT2D eigenvalue weighted by Gasteiger charge is -2.13. The molecular formula is C17H16ClN3. The van der Waals surface area contributed by atoms with E-state index in [2.05, 4.69) is 16.3 Å². The minimum Gasteiger partial charge on any atom is -0.329 e. The van der Waals surface area contributed by atoms with Gasteiger partial charge in [-0.25, -0.2) is 0 Å². The summed E-state index contributed by atoms with van der Waals surface area (Å²) in [6, 6.07) is 19.9. The van der Waals surface area contributed by atoms with E-state index in [1.807, 2.05) is 54.6 Å². The molecule has 0 saturated carbocycles. The number of H-pyrrole nitrogens is 1. The lowest BCUT2D eigenvalue weighted by Crippen LogP contribution is -2.14. The van der Waals surface area contributed by atoms with Crippen molar-refractivity contribution in [2.24, 2.45) is 5.73 Å². The zero-order valence-electron chi connectivity index (χ0n) is 11.5. The summed E-state index contributed by atoms with van der Waals surface area (Å²) >= 11 is 5.94. The number of aromatic nitrogens is 2.